The molecule has 1 saturated carbocycles. The highest BCUT2D eigenvalue weighted by Gasteiger charge is 2.22. The van der Waals surface area contributed by atoms with Crippen LogP contribution in [0.1, 0.15) is 24.0 Å². The van der Waals surface area contributed by atoms with Crippen molar-refractivity contribution >= 4 is 33.6 Å². The Balaban J connectivity index is 1.36. The summed E-state index contributed by atoms with van der Waals surface area (Å²) in [5, 5.41) is 8.01. The van der Waals surface area contributed by atoms with Crippen molar-refractivity contribution in [3.63, 3.8) is 0 Å². The maximum Gasteiger partial charge on any atom is 0.315 e. The second-order valence-electron chi connectivity index (χ2n) is 6.80. The predicted octanol–water partition coefficient (Wildman–Crippen LogP) is 3.38. The minimum atomic E-state index is -0.420. The molecule has 7 nitrogen and oxygen atoms in total. The Morgan fingerprint density at radius 2 is 2.04 bits per heavy atom. The van der Waals surface area contributed by atoms with E-state index in [4.69, 9.17) is 4.74 Å². The minimum absolute atomic E-state index is 0.118. The fourth-order valence-corrected chi connectivity index (χ4v) is 2.93. The number of nitrogens with one attached hydrogen (secondary N) is 3. The van der Waals surface area contributed by atoms with E-state index < -0.39 is 6.03 Å². The lowest BCUT2D eigenvalue weighted by molar-refractivity contribution is -0.115. The van der Waals surface area contributed by atoms with Gasteiger partial charge in [-0.1, -0.05) is 22.0 Å². The predicted molar refractivity (Wildman–Crippen MR) is 110 cm³/mol. The Morgan fingerprint density at radius 1 is 1.21 bits per heavy atom. The molecule has 28 heavy (non-hydrogen) atoms. The van der Waals surface area contributed by atoms with Gasteiger partial charge in [0.25, 0.3) is 0 Å². The number of nitrogens with zero attached hydrogens (tertiary/aromatic N) is 1. The summed E-state index contributed by atoms with van der Waals surface area (Å²) in [5.74, 6) is 0.983. The van der Waals surface area contributed by atoms with Gasteiger partial charge >= 0.3 is 6.03 Å². The molecule has 8 heteroatoms. The monoisotopic (exact) mass is 446 g/mol. The number of ether oxygens (including phenoxy) is 1. The summed E-state index contributed by atoms with van der Waals surface area (Å²) < 4.78 is 6.52. The lowest BCUT2D eigenvalue weighted by Gasteiger charge is -2.10. The third-order valence-corrected chi connectivity index (χ3v) is 4.78. The van der Waals surface area contributed by atoms with Crippen LogP contribution in [0.2, 0.25) is 0 Å². The van der Waals surface area contributed by atoms with Crippen molar-refractivity contribution in [3.05, 3.63) is 52.1 Å². The SMILES string of the molecule is Cc1cc(Br)ccc1NC(=O)CNC(=O)NCc1ccc(OCC2CC2)nc1. The maximum atomic E-state index is 12.0. The average molecular weight is 447 g/mol. The second kappa shape index (κ2) is 9.54. The summed E-state index contributed by atoms with van der Waals surface area (Å²) in [4.78, 5) is 28.1. The number of rotatable bonds is 8. The topological polar surface area (TPSA) is 92.4 Å². The van der Waals surface area contributed by atoms with E-state index in [1.54, 1.807) is 12.3 Å². The normalized spacial score (nSPS) is 12.9. The highest BCUT2D eigenvalue weighted by molar-refractivity contribution is 9.10. The molecule has 0 saturated heterocycles. The molecule has 0 atom stereocenters. The molecule has 3 rings (SSSR count). The number of urea groups is 1. The van der Waals surface area contributed by atoms with Gasteiger partial charge in [0.05, 0.1) is 13.2 Å². The van der Waals surface area contributed by atoms with Gasteiger partial charge in [0.15, 0.2) is 0 Å². The highest BCUT2D eigenvalue weighted by atomic mass is 79.9. The van der Waals surface area contributed by atoms with Crippen LogP contribution in [0.4, 0.5) is 10.5 Å². The fraction of sp³-hybridized carbons (Fsp3) is 0.350. The van der Waals surface area contributed by atoms with E-state index in [-0.39, 0.29) is 12.5 Å². The molecule has 1 heterocycles. The van der Waals surface area contributed by atoms with Gasteiger partial charge in [0, 0.05) is 29.0 Å². The van der Waals surface area contributed by atoms with E-state index in [0.29, 0.717) is 24.0 Å². The first-order valence-electron chi connectivity index (χ1n) is 9.15. The second-order valence-corrected chi connectivity index (χ2v) is 7.72. The van der Waals surface area contributed by atoms with Crippen LogP contribution in [0.3, 0.4) is 0 Å². The van der Waals surface area contributed by atoms with Gasteiger partial charge in [-0.05, 0) is 55.0 Å². The molecule has 3 N–H and O–H groups in total. The van der Waals surface area contributed by atoms with Crippen LogP contribution in [0.15, 0.2) is 41.0 Å². The van der Waals surface area contributed by atoms with E-state index in [9.17, 15) is 9.59 Å². The molecule has 1 aliphatic rings. The first-order chi connectivity index (χ1) is 13.5. The third kappa shape index (κ3) is 6.53. The number of halogens is 1. The van der Waals surface area contributed by atoms with Crippen LogP contribution in [0, 0.1) is 12.8 Å². The first kappa shape index (κ1) is 20.1. The van der Waals surface area contributed by atoms with E-state index in [1.165, 1.54) is 12.8 Å². The Bertz CT molecular complexity index is 838. The number of carbonyl (C=O) groups is 2. The van der Waals surface area contributed by atoms with Crippen molar-refractivity contribution in [2.24, 2.45) is 5.92 Å². The van der Waals surface area contributed by atoms with Gasteiger partial charge in [-0.25, -0.2) is 9.78 Å². The first-order valence-corrected chi connectivity index (χ1v) is 9.94. The number of amides is 3. The van der Waals surface area contributed by atoms with Gasteiger partial charge in [0.1, 0.15) is 0 Å². The number of carbonyl (C=O) groups excluding carboxylic acids is 2. The van der Waals surface area contributed by atoms with E-state index in [1.807, 2.05) is 31.2 Å². The zero-order chi connectivity index (χ0) is 19.9. The van der Waals surface area contributed by atoms with Gasteiger partial charge in [0.2, 0.25) is 11.8 Å². The van der Waals surface area contributed by atoms with Crippen LogP contribution < -0.4 is 20.7 Å². The maximum absolute atomic E-state index is 12.0. The molecular weight excluding hydrogens is 424 g/mol. The summed E-state index contributed by atoms with van der Waals surface area (Å²) in [7, 11) is 0. The fourth-order valence-electron chi connectivity index (χ4n) is 2.46. The smallest absolute Gasteiger partial charge is 0.315 e. The Hall–Kier alpha value is -2.61. The third-order valence-electron chi connectivity index (χ3n) is 4.29. The molecule has 1 aromatic carbocycles. The number of benzene rings is 1. The van der Waals surface area contributed by atoms with Crippen molar-refractivity contribution < 1.29 is 14.3 Å². The molecule has 1 fully saturated rings. The highest BCUT2D eigenvalue weighted by Crippen LogP contribution is 2.29. The number of aryl methyl sites for hydroxylation is 1. The number of hydrogen-bond donors (Lipinski definition) is 3. The largest absolute Gasteiger partial charge is 0.477 e. The summed E-state index contributed by atoms with van der Waals surface area (Å²) >= 11 is 3.38. The van der Waals surface area contributed by atoms with Crippen molar-refractivity contribution in [1.82, 2.24) is 15.6 Å². The van der Waals surface area contributed by atoms with Gasteiger partial charge in [-0.3, -0.25) is 4.79 Å². The molecular formula is C20H23BrN4O3. The van der Waals surface area contributed by atoms with Crippen LogP contribution in [-0.4, -0.2) is 30.1 Å². The standard InChI is InChI=1S/C20H23BrN4O3/c1-13-8-16(21)5-6-17(13)25-18(26)11-24-20(27)23-10-15-4-7-19(22-9-15)28-12-14-2-3-14/h4-9,14H,2-3,10-12H2,1H3,(H,25,26)(H2,23,24,27). The molecule has 3 amide bonds. The minimum Gasteiger partial charge on any atom is -0.477 e. The Labute approximate surface area is 172 Å². The quantitative estimate of drug-likeness (QED) is 0.579. The Kier molecular flexibility index (Phi) is 6.86. The molecule has 0 unspecified atom stereocenters. The molecule has 0 spiro atoms. The zero-order valence-corrected chi connectivity index (χ0v) is 17.2. The van der Waals surface area contributed by atoms with Crippen LogP contribution in [-0.2, 0) is 11.3 Å². The molecule has 148 valence electrons. The summed E-state index contributed by atoms with van der Waals surface area (Å²) in [6.45, 7) is 2.81. The van der Waals surface area contributed by atoms with E-state index >= 15 is 0 Å². The zero-order valence-electron chi connectivity index (χ0n) is 15.6. The number of hydrogen-bond acceptors (Lipinski definition) is 4. The van der Waals surface area contributed by atoms with Crippen molar-refractivity contribution in [3.8, 4) is 5.88 Å². The summed E-state index contributed by atoms with van der Waals surface area (Å²) in [5.41, 5.74) is 2.50. The molecule has 0 radical (unpaired) electrons. The molecule has 1 aliphatic carbocycles. The van der Waals surface area contributed by atoms with Crippen molar-refractivity contribution in [2.75, 3.05) is 18.5 Å². The Morgan fingerprint density at radius 3 is 2.71 bits per heavy atom. The lowest BCUT2D eigenvalue weighted by Crippen LogP contribution is -2.39. The van der Waals surface area contributed by atoms with Crippen molar-refractivity contribution in [1.29, 1.82) is 0 Å². The van der Waals surface area contributed by atoms with Crippen molar-refractivity contribution in [2.45, 2.75) is 26.3 Å². The summed E-state index contributed by atoms with van der Waals surface area (Å²) in [6, 6.07) is 8.80. The van der Waals surface area contributed by atoms with Crippen LogP contribution in [0.5, 0.6) is 5.88 Å². The molecule has 0 bridgehead atoms. The van der Waals surface area contributed by atoms with Gasteiger partial charge in [-0.2, -0.15) is 0 Å². The van der Waals surface area contributed by atoms with E-state index in [2.05, 4.69) is 36.9 Å². The molecule has 0 aliphatic heterocycles. The number of pyridine rings is 1. The van der Waals surface area contributed by atoms with Crippen LogP contribution >= 0.6 is 15.9 Å². The number of anilines is 1. The molecule has 1 aromatic heterocycles. The van der Waals surface area contributed by atoms with E-state index in [0.717, 1.165) is 22.2 Å². The van der Waals surface area contributed by atoms with Gasteiger partial charge in [-0.15, -0.1) is 0 Å². The van der Waals surface area contributed by atoms with Gasteiger partial charge < -0.3 is 20.7 Å². The summed E-state index contributed by atoms with van der Waals surface area (Å²) in [6.07, 6.45) is 4.14. The van der Waals surface area contributed by atoms with Crippen LogP contribution in [0.25, 0.3) is 0 Å². The molecule has 2 aromatic rings. The number of aromatic nitrogens is 1. The average Bonchev–Trinajstić information content (AvgIpc) is 3.50. The lowest BCUT2D eigenvalue weighted by atomic mass is 10.2.